The number of carbonyl (C=O) groups is 2. The number of hydrogen-bond donors (Lipinski definition) is 3. The summed E-state index contributed by atoms with van der Waals surface area (Å²) in [5.74, 6) is -1.48. The molecule has 0 spiro atoms. The van der Waals surface area contributed by atoms with E-state index in [1.165, 1.54) is 24.5 Å². The largest absolute Gasteiger partial charge is 0.507 e. The van der Waals surface area contributed by atoms with Crippen LogP contribution >= 0.6 is 0 Å². The van der Waals surface area contributed by atoms with Gasteiger partial charge >= 0.3 is 11.9 Å². The molecule has 5 N–H and O–H groups in total. The standard InChI is InChI=1S/C34H30N2O7/c1-34(36,19-22-10-6-3-7-11-22)33(40)43-24-14-12-23(13-15-24)26-20-41-29-18-25(17-28(37)30(29)31(26)38)42-32(39)27(35)16-21-8-4-2-5-9-21/h2-15,17-18,20,27,37H,16,19,35-36H2,1H3/t27-,34-/m1/s1. The Morgan fingerprint density at radius 3 is 2.16 bits per heavy atom. The number of phenols is 1. The quantitative estimate of drug-likeness (QED) is 0.169. The lowest BCUT2D eigenvalue weighted by atomic mass is 9.94. The Bertz CT molecular complexity index is 1820. The first-order chi connectivity index (χ1) is 20.6. The average molecular weight is 579 g/mol. The first-order valence-electron chi connectivity index (χ1n) is 13.6. The number of esters is 2. The van der Waals surface area contributed by atoms with E-state index < -0.39 is 34.7 Å². The number of aromatic hydroxyl groups is 1. The van der Waals surface area contributed by atoms with Crippen LogP contribution in [0.1, 0.15) is 18.1 Å². The van der Waals surface area contributed by atoms with Crippen LogP contribution in [-0.4, -0.2) is 28.6 Å². The van der Waals surface area contributed by atoms with Gasteiger partial charge in [0.15, 0.2) is 0 Å². The van der Waals surface area contributed by atoms with Gasteiger partial charge in [0.05, 0.1) is 5.56 Å². The Balaban J connectivity index is 1.29. The third kappa shape index (κ3) is 6.81. The van der Waals surface area contributed by atoms with E-state index in [9.17, 15) is 19.5 Å². The molecule has 0 amide bonds. The van der Waals surface area contributed by atoms with Crippen LogP contribution in [0.25, 0.3) is 22.1 Å². The highest BCUT2D eigenvalue weighted by Crippen LogP contribution is 2.31. The van der Waals surface area contributed by atoms with Gasteiger partial charge in [-0.25, -0.2) is 9.59 Å². The van der Waals surface area contributed by atoms with Gasteiger partial charge in [0, 0.05) is 18.6 Å². The number of hydrogen-bond acceptors (Lipinski definition) is 9. The van der Waals surface area contributed by atoms with E-state index in [2.05, 4.69) is 0 Å². The fraction of sp³-hybridized carbons (Fsp3) is 0.147. The molecule has 1 aromatic heterocycles. The molecule has 0 aliphatic rings. The van der Waals surface area contributed by atoms with Gasteiger partial charge in [-0.1, -0.05) is 72.8 Å². The van der Waals surface area contributed by atoms with E-state index in [1.807, 2.05) is 60.7 Å². The summed E-state index contributed by atoms with van der Waals surface area (Å²) < 4.78 is 16.5. The lowest BCUT2D eigenvalue weighted by Gasteiger charge is -2.22. The van der Waals surface area contributed by atoms with E-state index in [4.69, 9.17) is 25.4 Å². The fourth-order valence-electron chi connectivity index (χ4n) is 4.63. The number of phenolic OH excluding ortho intramolecular Hbond substituents is 1. The molecule has 0 fully saturated rings. The van der Waals surface area contributed by atoms with Crippen molar-refractivity contribution in [2.75, 3.05) is 0 Å². The molecule has 5 aromatic rings. The molecule has 0 saturated heterocycles. The zero-order valence-electron chi connectivity index (χ0n) is 23.4. The number of nitrogens with two attached hydrogens (primary N) is 2. The van der Waals surface area contributed by atoms with Crippen LogP contribution in [0.3, 0.4) is 0 Å². The molecular formula is C34H30N2O7. The van der Waals surface area contributed by atoms with Crippen LogP contribution in [0.5, 0.6) is 17.2 Å². The minimum atomic E-state index is -1.25. The maximum absolute atomic E-state index is 13.3. The van der Waals surface area contributed by atoms with Crippen molar-refractivity contribution in [1.29, 1.82) is 0 Å². The van der Waals surface area contributed by atoms with Gasteiger partial charge in [0.2, 0.25) is 5.43 Å². The smallest absolute Gasteiger partial charge is 0.331 e. The Kier molecular flexibility index (Phi) is 8.38. The number of fused-ring (bicyclic) bond motifs is 1. The first-order valence-corrected chi connectivity index (χ1v) is 13.6. The van der Waals surface area contributed by atoms with E-state index >= 15 is 0 Å². The van der Waals surface area contributed by atoms with E-state index in [1.54, 1.807) is 19.1 Å². The zero-order valence-corrected chi connectivity index (χ0v) is 23.4. The van der Waals surface area contributed by atoms with Crippen molar-refractivity contribution in [3.63, 3.8) is 0 Å². The highest BCUT2D eigenvalue weighted by atomic mass is 16.5. The maximum atomic E-state index is 13.3. The first kappa shape index (κ1) is 29.2. The average Bonchev–Trinajstić information content (AvgIpc) is 2.98. The van der Waals surface area contributed by atoms with Crippen molar-refractivity contribution in [2.24, 2.45) is 11.5 Å². The highest BCUT2D eigenvalue weighted by Gasteiger charge is 2.31. The number of benzene rings is 4. The van der Waals surface area contributed by atoms with Crippen molar-refractivity contribution in [1.82, 2.24) is 0 Å². The molecule has 1 heterocycles. The molecular weight excluding hydrogens is 548 g/mol. The van der Waals surface area contributed by atoms with Crippen LogP contribution in [0.15, 0.2) is 113 Å². The van der Waals surface area contributed by atoms with Crippen LogP contribution < -0.4 is 26.4 Å². The second-order valence-corrected chi connectivity index (χ2v) is 10.5. The summed E-state index contributed by atoms with van der Waals surface area (Å²) in [6, 6.07) is 26.5. The molecule has 9 nitrogen and oxygen atoms in total. The van der Waals surface area contributed by atoms with Gasteiger partial charge < -0.3 is 30.5 Å². The number of rotatable bonds is 9. The summed E-state index contributed by atoms with van der Waals surface area (Å²) >= 11 is 0. The lowest BCUT2D eigenvalue weighted by molar-refractivity contribution is -0.140. The molecule has 0 bridgehead atoms. The molecule has 0 unspecified atom stereocenters. The summed E-state index contributed by atoms with van der Waals surface area (Å²) in [4.78, 5) is 38.6. The van der Waals surface area contributed by atoms with Crippen LogP contribution in [0.2, 0.25) is 0 Å². The van der Waals surface area contributed by atoms with Gasteiger partial charge in [-0.15, -0.1) is 0 Å². The molecule has 4 aromatic carbocycles. The van der Waals surface area contributed by atoms with E-state index in [0.29, 0.717) is 12.0 Å². The van der Waals surface area contributed by atoms with Crippen molar-refractivity contribution in [3.05, 3.63) is 125 Å². The second-order valence-electron chi connectivity index (χ2n) is 10.5. The fourth-order valence-corrected chi connectivity index (χ4v) is 4.63. The van der Waals surface area contributed by atoms with E-state index in [0.717, 1.165) is 17.2 Å². The number of carbonyl (C=O) groups excluding carboxylic acids is 2. The molecule has 9 heteroatoms. The van der Waals surface area contributed by atoms with Gasteiger partial charge in [-0.3, -0.25) is 4.79 Å². The molecule has 43 heavy (non-hydrogen) atoms. The zero-order chi connectivity index (χ0) is 30.6. The molecule has 2 atom stereocenters. The van der Waals surface area contributed by atoms with Gasteiger partial charge in [0.1, 0.15) is 46.1 Å². The molecule has 5 rings (SSSR count). The molecule has 0 radical (unpaired) electrons. The minimum absolute atomic E-state index is 0.0141. The topological polar surface area (TPSA) is 155 Å². The third-order valence-corrected chi connectivity index (χ3v) is 6.91. The Morgan fingerprint density at radius 1 is 0.884 bits per heavy atom. The Morgan fingerprint density at radius 2 is 1.51 bits per heavy atom. The van der Waals surface area contributed by atoms with Gasteiger partial charge in [-0.2, -0.15) is 0 Å². The van der Waals surface area contributed by atoms with Crippen LogP contribution in [-0.2, 0) is 22.4 Å². The SMILES string of the molecule is C[C@@](N)(Cc1ccccc1)C(=O)Oc1ccc(-c2coc3cc(OC(=O)[C@H](N)Cc4ccccc4)cc(O)c3c2=O)cc1. The van der Waals surface area contributed by atoms with Crippen molar-refractivity contribution >= 4 is 22.9 Å². The van der Waals surface area contributed by atoms with Gasteiger partial charge in [-0.05, 0) is 42.2 Å². The minimum Gasteiger partial charge on any atom is -0.507 e. The Labute approximate surface area is 247 Å². The van der Waals surface area contributed by atoms with E-state index in [-0.39, 0.29) is 34.5 Å². The predicted molar refractivity (Wildman–Crippen MR) is 162 cm³/mol. The second kappa shape index (κ2) is 12.3. The van der Waals surface area contributed by atoms with Crippen molar-refractivity contribution in [3.8, 4) is 28.4 Å². The monoisotopic (exact) mass is 578 g/mol. The summed E-state index contributed by atoms with van der Waals surface area (Å²) in [5.41, 5.74) is 12.9. The maximum Gasteiger partial charge on any atom is 0.331 e. The lowest BCUT2D eigenvalue weighted by Crippen LogP contribution is -2.49. The summed E-state index contributed by atoms with van der Waals surface area (Å²) in [6.45, 7) is 1.61. The molecule has 0 aliphatic carbocycles. The van der Waals surface area contributed by atoms with Crippen molar-refractivity contribution in [2.45, 2.75) is 31.3 Å². The third-order valence-electron chi connectivity index (χ3n) is 6.91. The predicted octanol–water partition coefficient (Wildman–Crippen LogP) is 4.51. The number of ether oxygens (including phenoxy) is 2. The molecule has 0 saturated carbocycles. The van der Waals surface area contributed by atoms with Crippen LogP contribution in [0.4, 0.5) is 0 Å². The summed E-state index contributed by atoms with van der Waals surface area (Å²) in [7, 11) is 0. The normalized spacial score (nSPS) is 13.2. The Hall–Kier alpha value is -5.25. The van der Waals surface area contributed by atoms with Gasteiger partial charge in [0.25, 0.3) is 0 Å². The highest BCUT2D eigenvalue weighted by molar-refractivity contribution is 5.89. The summed E-state index contributed by atoms with van der Waals surface area (Å²) in [5, 5.41) is 10.6. The molecule has 218 valence electrons. The molecule has 0 aliphatic heterocycles. The van der Waals surface area contributed by atoms with Crippen molar-refractivity contribution < 1.29 is 28.6 Å². The summed E-state index contributed by atoms with van der Waals surface area (Å²) in [6.07, 6.45) is 1.82. The van der Waals surface area contributed by atoms with Crippen LogP contribution in [0, 0.1) is 0 Å².